The third-order valence-corrected chi connectivity index (χ3v) is 1.61. The molecule has 1 unspecified atom stereocenters. The van der Waals surface area contributed by atoms with Crippen molar-refractivity contribution in [2.45, 2.75) is 19.4 Å². The Morgan fingerprint density at radius 2 is 2.22 bits per heavy atom. The van der Waals surface area contributed by atoms with Gasteiger partial charge in [0.15, 0.2) is 0 Å². The van der Waals surface area contributed by atoms with E-state index in [0.29, 0.717) is 12.5 Å². The average Bonchev–Trinajstić information content (AvgIpc) is 1.87. The van der Waals surface area contributed by atoms with Gasteiger partial charge in [0.25, 0.3) is 0 Å². The summed E-state index contributed by atoms with van der Waals surface area (Å²) in [6, 6.07) is 0.483. The van der Waals surface area contributed by atoms with E-state index in [0.717, 1.165) is 6.42 Å². The first-order valence-electron chi connectivity index (χ1n) is 3.13. The van der Waals surface area contributed by atoms with Crippen molar-refractivity contribution in [1.29, 1.82) is 0 Å². The van der Waals surface area contributed by atoms with Gasteiger partial charge in [0.2, 0.25) is 0 Å². The molecule has 1 atom stereocenters. The molecule has 0 bridgehead atoms. The number of nitrogens with zero attached hydrogens (tertiary/aromatic N) is 1. The van der Waals surface area contributed by atoms with E-state index in [2.05, 4.69) is 0 Å². The third kappa shape index (κ3) is 4.70. The van der Waals surface area contributed by atoms with Gasteiger partial charge in [0.1, 0.15) is 0 Å². The van der Waals surface area contributed by atoms with Crippen LogP contribution in [0.2, 0.25) is 0 Å². The number of hydrogen-bond donors (Lipinski definition) is 1. The van der Waals surface area contributed by atoms with Crippen LogP contribution in [0, 0.1) is 0 Å². The van der Waals surface area contributed by atoms with Crippen LogP contribution in [0.15, 0.2) is 0 Å². The van der Waals surface area contributed by atoms with E-state index in [4.69, 9.17) is 16.7 Å². The highest BCUT2D eigenvalue weighted by molar-refractivity contribution is 6.17. The summed E-state index contributed by atoms with van der Waals surface area (Å²) >= 11 is 5.47. The predicted molar refractivity (Wildman–Crippen MR) is 39.6 cm³/mol. The monoisotopic (exact) mass is 151 g/mol. The van der Waals surface area contributed by atoms with Gasteiger partial charge in [-0.3, -0.25) is 4.90 Å². The zero-order chi connectivity index (χ0) is 7.28. The highest BCUT2D eigenvalue weighted by Gasteiger charge is 2.02. The van der Waals surface area contributed by atoms with Crippen molar-refractivity contribution in [3.05, 3.63) is 0 Å². The molecule has 0 amide bonds. The second kappa shape index (κ2) is 5.03. The van der Waals surface area contributed by atoms with E-state index in [-0.39, 0.29) is 6.10 Å². The quantitative estimate of drug-likeness (QED) is 0.477. The Morgan fingerprint density at radius 1 is 1.67 bits per heavy atom. The van der Waals surface area contributed by atoms with Crippen LogP contribution in [0.25, 0.3) is 0 Å². The lowest BCUT2D eigenvalue weighted by Gasteiger charge is -2.15. The molecule has 0 aliphatic rings. The van der Waals surface area contributed by atoms with Crippen molar-refractivity contribution < 1.29 is 5.11 Å². The van der Waals surface area contributed by atoms with Crippen LogP contribution < -0.4 is 0 Å². The maximum absolute atomic E-state index is 9.06. The number of aliphatic hydroxyl groups is 1. The van der Waals surface area contributed by atoms with Crippen molar-refractivity contribution in [3.8, 4) is 0 Å². The lowest BCUT2D eigenvalue weighted by molar-refractivity contribution is 0.130. The summed E-state index contributed by atoms with van der Waals surface area (Å²) in [5, 5.41) is 9.06. The number of halogens is 1. The SMILES string of the molecule is CCC(O)CN(C)CCl. The molecule has 0 aromatic heterocycles. The van der Waals surface area contributed by atoms with Crippen molar-refractivity contribution in [3.63, 3.8) is 0 Å². The summed E-state index contributed by atoms with van der Waals surface area (Å²) in [5.41, 5.74) is 0. The van der Waals surface area contributed by atoms with Crippen LogP contribution in [0.3, 0.4) is 0 Å². The van der Waals surface area contributed by atoms with E-state index < -0.39 is 0 Å². The summed E-state index contributed by atoms with van der Waals surface area (Å²) in [5.74, 6) is 0. The molecule has 2 nitrogen and oxygen atoms in total. The largest absolute Gasteiger partial charge is 0.392 e. The zero-order valence-electron chi connectivity index (χ0n) is 5.97. The molecule has 0 aromatic carbocycles. The highest BCUT2D eigenvalue weighted by Crippen LogP contribution is 1.93. The fraction of sp³-hybridized carbons (Fsp3) is 1.00. The predicted octanol–water partition coefficient (Wildman–Crippen LogP) is 0.885. The molecule has 0 saturated carbocycles. The Bertz CT molecular complexity index is 62.1. The fourth-order valence-corrected chi connectivity index (χ4v) is 0.635. The molecule has 0 spiro atoms. The van der Waals surface area contributed by atoms with Crippen LogP contribution in [-0.2, 0) is 0 Å². The van der Waals surface area contributed by atoms with Gasteiger partial charge in [-0.1, -0.05) is 6.92 Å². The molecular weight excluding hydrogens is 138 g/mol. The van der Waals surface area contributed by atoms with Crippen molar-refractivity contribution in [2.24, 2.45) is 0 Å². The third-order valence-electron chi connectivity index (χ3n) is 1.20. The Labute approximate surface area is 61.4 Å². The molecule has 0 aliphatic carbocycles. The number of aliphatic hydroxyl groups excluding tert-OH is 1. The van der Waals surface area contributed by atoms with E-state index in [1.54, 1.807) is 0 Å². The molecule has 9 heavy (non-hydrogen) atoms. The maximum atomic E-state index is 9.06. The van der Waals surface area contributed by atoms with Gasteiger partial charge < -0.3 is 5.11 Å². The van der Waals surface area contributed by atoms with Gasteiger partial charge in [-0.15, -0.1) is 11.6 Å². The molecule has 1 N–H and O–H groups in total. The Kier molecular flexibility index (Phi) is 5.15. The topological polar surface area (TPSA) is 23.5 Å². The Balaban J connectivity index is 3.22. The van der Waals surface area contributed by atoms with Crippen LogP contribution in [0.1, 0.15) is 13.3 Å². The molecule has 0 radical (unpaired) electrons. The van der Waals surface area contributed by atoms with Crippen LogP contribution in [0.5, 0.6) is 0 Å². The Morgan fingerprint density at radius 3 is 2.56 bits per heavy atom. The highest BCUT2D eigenvalue weighted by atomic mass is 35.5. The molecule has 0 aromatic rings. The van der Waals surface area contributed by atoms with E-state index in [1.165, 1.54) is 0 Å². The molecular formula is C6H14ClNO. The summed E-state index contributed by atoms with van der Waals surface area (Å²) in [6.45, 7) is 2.62. The number of alkyl halides is 1. The molecule has 3 heteroatoms. The van der Waals surface area contributed by atoms with Gasteiger partial charge in [-0.25, -0.2) is 0 Å². The fourth-order valence-electron chi connectivity index (χ4n) is 0.538. The second-order valence-electron chi connectivity index (χ2n) is 2.22. The van der Waals surface area contributed by atoms with Crippen molar-refractivity contribution in [2.75, 3.05) is 19.6 Å². The molecule has 0 saturated heterocycles. The maximum Gasteiger partial charge on any atom is 0.0736 e. The van der Waals surface area contributed by atoms with Crippen LogP contribution in [-0.4, -0.2) is 35.7 Å². The van der Waals surface area contributed by atoms with E-state index in [1.807, 2.05) is 18.9 Å². The number of rotatable bonds is 4. The van der Waals surface area contributed by atoms with Gasteiger partial charge in [0.05, 0.1) is 12.1 Å². The standard InChI is InChI=1S/C6H14ClNO/c1-3-6(9)4-8(2)5-7/h6,9H,3-5H2,1-2H3. The lowest BCUT2D eigenvalue weighted by atomic mass is 10.3. The lowest BCUT2D eigenvalue weighted by Crippen LogP contribution is -2.27. The average molecular weight is 152 g/mol. The van der Waals surface area contributed by atoms with Gasteiger partial charge in [-0.05, 0) is 13.5 Å². The first-order chi connectivity index (χ1) is 4.20. The van der Waals surface area contributed by atoms with Gasteiger partial charge in [-0.2, -0.15) is 0 Å². The first-order valence-corrected chi connectivity index (χ1v) is 3.66. The summed E-state index contributed by atoms with van der Waals surface area (Å²) in [6.07, 6.45) is 0.565. The molecule has 0 heterocycles. The van der Waals surface area contributed by atoms with Gasteiger partial charge >= 0.3 is 0 Å². The van der Waals surface area contributed by atoms with Crippen molar-refractivity contribution >= 4 is 11.6 Å². The van der Waals surface area contributed by atoms with Crippen LogP contribution in [0.4, 0.5) is 0 Å². The molecule has 0 aliphatic heterocycles. The van der Waals surface area contributed by atoms with Gasteiger partial charge in [0, 0.05) is 6.54 Å². The van der Waals surface area contributed by atoms with E-state index in [9.17, 15) is 0 Å². The normalized spacial score (nSPS) is 14.3. The summed E-state index contributed by atoms with van der Waals surface area (Å²) < 4.78 is 0. The molecule has 0 fully saturated rings. The zero-order valence-corrected chi connectivity index (χ0v) is 6.73. The minimum atomic E-state index is -0.228. The smallest absolute Gasteiger partial charge is 0.0736 e. The summed E-state index contributed by atoms with van der Waals surface area (Å²) in [4.78, 5) is 1.87. The Hall–Kier alpha value is 0.210. The first kappa shape index (κ1) is 9.21. The number of likely N-dealkylation sites (N-methyl/N-ethyl adjacent to an activating group) is 1. The summed E-state index contributed by atoms with van der Waals surface area (Å²) in [7, 11) is 1.88. The minimum absolute atomic E-state index is 0.228. The minimum Gasteiger partial charge on any atom is -0.392 e. The second-order valence-corrected chi connectivity index (χ2v) is 2.46. The number of hydrogen-bond acceptors (Lipinski definition) is 2. The van der Waals surface area contributed by atoms with Crippen LogP contribution >= 0.6 is 11.6 Å². The van der Waals surface area contributed by atoms with Crippen molar-refractivity contribution in [1.82, 2.24) is 4.90 Å². The molecule has 0 rings (SSSR count). The molecule has 56 valence electrons. The van der Waals surface area contributed by atoms with E-state index >= 15 is 0 Å².